The molecule has 0 saturated heterocycles. The van der Waals surface area contributed by atoms with Crippen molar-refractivity contribution in [1.29, 1.82) is 0 Å². The van der Waals surface area contributed by atoms with E-state index >= 15 is 0 Å². The lowest BCUT2D eigenvalue weighted by Gasteiger charge is -2.32. The minimum Gasteiger partial charge on any atom is -0.497 e. The van der Waals surface area contributed by atoms with Crippen LogP contribution in [0.1, 0.15) is 39.2 Å². The number of anilines is 1. The van der Waals surface area contributed by atoms with Crippen LogP contribution < -0.4 is 19.1 Å². The minimum absolute atomic E-state index is 0.0362. The number of unbranched alkanes of at least 4 members (excludes halogenated alkanes) is 1. The van der Waals surface area contributed by atoms with Gasteiger partial charge in [-0.1, -0.05) is 37.6 Å². The summed E-state index contributed by atoms with van der Waals surface area (Å²) >= 11 is 1.50. The number of rotatable bonds is 16. The van der Waals surface area contributed by atoms with Crippen LogP contribution in [0.15, 0.2) is 82.6 Å². The maximum Gasteiger partial charge on any atom is 0.264 e. The molecule has 43 heavy (non-hydrogen) atoms. The van der Waals surface area contributed by atoms with Crippen LogP contribution in [0.5, 0.6) is 11.5 Å². The molecule has 2 amide bonds. The first-order valence-corrected chi connectivity index (χ1v) is 16.9. The van der Waals surface area contributed by atoms with Gasteiger partial charge in [0.05, 0.1) is 24.3 Å². The molecule has 0 aromatic heterocycles. The fourth-order valence-corrected chi connectivity index (χ4v) is 6.25. The van der Waals surface area contributed by atoms with E-state index in [2.05, 4.69) is 5.32 Å². The first-order valence-electron chi connectivity index (χ1n) is 14.2. The zero-order valence-corrected chi connectivity index (χ0v) is 27.0. The predicted molar refractivity (Wildman–Crippen MR) is 171 cm³/mol. The molecule has 0 bridgehead atoms. The molecule has 0 radical (unpaired) electrons. The van der Waals surface area contributed by atoms with Gasteiger partial charge in [-0.2, -0.15) is 0 Å². The van der Waals surface area contributed by atoms with Crippen molar-refractivity contribution in [3.63, 3.8) is 0 Å². The Bertz CT molecular complexity index is 1460. The van der Waals surface area contributed by atoms with E-state index in [1.807, 2.05) is 19.2 Å². The summed E-state index contributed by atoms with van der Waals surface area (Å²) in [6, 6.07) is 19.6. The fourth-order valence-electron chi connectivity index (χ4n) is 4.42. The topological polar surface area (TPSA) is 105 Å². The highest BCUT2D eigenvalue weighted by Crippen LogP contribution is 2.33. The molecule has 1 N–H and O–H groups in total. The summed E-state index contributed by atoms with van der Waals surface area (Å²) in [7, 11) is -2.67. The number of nitrogens with one attached hydrogen (secondary N) is 1. The number of ether oxygens (including phenoxy) is 2. The molecule has 0 fully saturated rings. The third-order valence-electron chi connectivity index (χ3n) is 6.84. The zero-order valence-electron chi connectivity index (χ0n) is 25.4. The van der Waals surface area contributed by atoms with Gasteiger partial charge in [-0.15, -0.1) is 11.8 Å². The molecule has 0 spiro atoms. The number of para-hydroxylation sites is 2. The number of nitrogens with zero attached hydrogens (tertiary/aromatic N) is 2. The third kappa shape index (κ3) is 8.90. The summed E-state index contributed by atoms with van der Waals surface area (Å²) in [5.74, 6) is 0.0679. The number of sulfonamides is 1. The number of thioether (sulfide) groups is 1. The summed E-state index contributed by atoms with van der Waals surface area (Å²) in [4.78, 5) is 29.7. The molecule has 9 nitrogen and oxygen atoms in total. The lowest BCUT2D eigenvalue weighted by atomic mass is 10.1. The van der Waals surface area contributed by atoms with E-state index in [0.717, 1.165) is 27.6 Å². The molecule has 0 aliphatic rings. The SMILES string of the molecule is CCCCNC(=O)[C@@H](C)N(Cc1cccc(OC)c1)C(=O)CN(c1ccccc1OCC)S(=O)(=O)c1ccc(SC)cc1. The Balaban J connectivity index is 2.06. The zero-order chi connectivity index (χ0) is 31.4. The number of carbonyl (C=O) groups is 2. The van der Waals surface area contributed by atoms with Gasteiger partial charge in [0.1, 0.15) is 24.1 Å². The van der Waals surface area contributed by atoms with Gasteiger partial charge in [-0.25, -0.2) is 8.42 Å². The monoisotopic (exact) mass is 627 g/mol. The first-order chi connectivity index (χ1) is 20.7. The van der Waals surface area contributed by atoms with Crippen LogP contribution in [0.2, 0.25) is 0 Å². The Labute approximate surface area is 259 Å². The van der Waals surface area contributed by atoms with Gasteiger partial charge in [0.25, 0.3) is 10.0 Å². The number of benzene rings is 3. The normalized spacial score (nSPS) is 11.8. The molecule has 0 aliphatic heterocycles. The first kappa shape index (κ1) is 33.8. The van der Waals surface area contributed by atoms with Crippen molar-refractivity contribution in [2.24, 2.45) is 0 Å². The molecular weight excluding hydrogens is 587 g/mol. The highest BCUT2D eigenvalue weighted by molar-refractivity contribution is 7.98. The van der Waals surface area contributed by atoms with Gasteiger partial charge in [-0.05, 0) is 80.6 Å². The van der Waals surface area contributed by atoms with Crippen LogP contribution in [0, 0.1) is 0 Å². The van der Waals surface area contributed by atoms with E-state index in [1.165, 1.54) is 28.8 Å². The van der Waals surface area contributed by atoms with Crippen LogP contribution >= 0.6 is 11.8 Å². The molecule has 0 unspecified atom stereocenters. The second-order valence-electron chi connectivity index (χ2n) is 9.78. The lowest BCUT2D eigenvalue weighted by molar-refractivity contribution is -0.139. The number of carbonyl (C=O) groups excluding carboxylic acids is 2. The van der Waals surface area contributed by atoms with Crippen molar-refractivity contribution < 1.29 is 27.5 Å². The molecule has 0 saturated carbocycles. The Kier molecular flexibility index (Phi) is 12.8. The average molecular weight is 628 g/mol. The Morgan fingerprint density at radius 3 is 2.37 bits per heavy atom. The Morgan fingerprint density at radius 2 is 1.72 bits per heavy atom. The summed E-state index contributed by atoms with van der Waals surface area (Å²) in [5.41, 5.74) is 0.964. The molecule has 1 atom stereocenters. The number of amides is 2. The Morgan fingerprint density at radius 1 is 1.00 bits per heavy atom. The largest absolute Gasteiger partial charge is 0.497 e. The van der Waals surface area contributed by atoms with Crippen LogP contribution in [0.4, 0.5) is 5.69 Å². The maximum atomic E-state index is 14.2. The smallest absolute Gasteiger partial charge is 0.264 e. The average Bonchev–Trinajstić information content (AvgIpc) is 3.02. The van der Waals surface area contributed by atoms with Crippen molar-refractivity contribution in [2.75, 3.05) is 37.4 Å². The number of hydrogen-bond donors (Lipinski definition) is 1. The van der Waals surface area contributed by atoms with E-state index in [9.17, 15) is 18.0 Å². The number of methoxy groups -OCH3 is 1. The van der Waals surface area contributed by atoms with Gasteiger partial charge >= 0.3 is 0 Å². The van der Waals surface area contributed by atoms with E-state index in [-0.39, 0.29) is 23.0 Å². The Hall–Kier alpha value is -3.70. The molecule has 3 rings (SSSR count). The summed E-state index contributed by atoms with van der Waals surface area (Å²) in [6.45, 7) is 5.78. The molecule has 0 heterocycles. The molecule has 232 valence electrons. The van der Waals surface area contributed by atoms with Gasteiger partial charge < -0.3 is 19.7 Å². The quantitative estimate of drug-likeness (QED) is 0.169. The van der Waals surface area contributed by atoms with E-state index in [4.69, 9.17) is 9.47 Å². The summed E-state index contributed by atoms with van der Waals surface area (Å²) < 4.78 is 40.5. The van der Waals surface area contributed by atoms with Gasteiger partial charge in [0.15, 0.2) is 0 Å². The molecule has 11 heteroatoms. The van der Waals surface area contributed by atoms with Crippen molar-refractivity contribution in [3.05, 3.63) is 78.4 Å². The van der Waals surface area contributed by atoms with Crippen molar-refractivity contribution in [3.8, 4) is 11.5 Å². The van der Waals surface area contributed by atoms with Crippen LogP contribution in [0.25, 0.3) is 0 Å². The second kappa shape index (κ2) is 16.2. The van der Waals surface area contributed by atoms with Crippen molar-refractivity contribution in [1.82, 2.24) is 10.2 Å². The van der Waals surface area contributed by atoms with Gasteiger partial charge in [0.2, 0.25) is 11.8 Å². The predicted octanol–water partition coefficient (Wildman–Crippen LogP) is 5.34. The molecule has 3 aromatic rings. The van der Waals surface area contributed by atoms with Crippen LogP contribution in [-0.4, -0.2) is 64.2 Å². The minimum atomic E-state index is -4.22. The third-order valence-corrected chi connectivity index (χ3v) is 9.36. The highest BCUT2D eigenvalue weighted by Gasteiger charge is 2.33. The van der Waals surface area contributed by atoms with Crippen molar-refractivity contribution in [2.45, 2.75) is 56.0 Å². The van der Waals surface area contributed by atoms with E-state index in [1.54, 1.807) is 75.6 Å². The maximum absolute atomic E-state index is 14.2. The van der Waals surface area contributed by atoms with Crippen LogP contribution in [-0.2, 0) is 26.2 Å². The standard InChI is InChI=1S/C32H41N3O6S2/c1-6-8-20-33-32(37)24(3)34(22-25-12-11-13-26(21-25)40-4)31(36)23-35(29-14-9-10-15-30(29)41-7-2)43(38,39)28-18-16-27(42-5)17-19-28/h9-19,21,24H,6-8,20,22-23H2,1-5H3,(H,33,37)/t24-/m1/s1. The van der Waals surface area contributed by atoms with Gasteiger partial charge in [-0.3, -0.25) is 13.9 Å². The summed E-state index contributed by atoms with van der Waals surface area (Å²) in [6.07, 6.45) is 3.62. The molecule has 0 aliphatic carbocycles. The fraction of sp³-hybridized carbons (Fsp3) is 0.375. The van der Waals surface area contributed by atoms with Gasteiger partial charge in [0, 0.05) is 18.0 Å². The van der Waals surface area contributed by atoms with E-state index in [0.29, 0.717) is 24.7 Å². The van der Waals surface area contributed by atoms with Crippen LogP contribution in [0.3, 0.4) is 0 Å². The highest BCUT2D eigenvalue weighted by atomic mass is 32.2. The second-order valence-corrected chi connectivity index (χ2v) is 12.5. The van der Waals surface area contributed by atoms with E-state index < -0.39 is 28.5 Å². The van der Waals surface area contributed by atoms with Crippen molar-refractivity contribution >= 4 is 39.3 Å². The lowest BCUT2D eigenvalue weighted by Crippen LogP contribution is -2.51. The molecule has 3 aromatic carbocycles. The molecular formula is C32H41N3O6S2. The number of hydrogen-bond acceptors (Lipinski definition) is 7. The summed E-state index contributed by atoms with van der Waals surface area (Å²) in [5, 5.41) is 2.89.